The van der Waals surface area contributed by atoms with E-state index in [-0.39, 0.29) is 10.8 Å². The lowest BCUT2D eigenvalue weighted by atomic mass is 9.49. The van der Waals surface area contributed by atoms with Crippen LogP contribution in [0, 0.1) is 12.3 Å². The lowest BCUT2D eigenvalue weighted by molar-refractivity contribution is -0.154. The molecule has 0 aromatic heterocycles. The topological polar surface area (TPSA) is 35.2 Å². The fourth-order valence-electron chi connectivity index (χ4n) is 3.64. The van der Waals surface area contributed by atoms with Crippen molar-refractivity contribution >= 4 is 15.9 Å². The Bertz CT molecular complexity index is 458. The summed E-state index contributed by atoms with van der Waals surface area (Å²) >= 11 is 3.60. The Hall–Kier alpha value is -0.380. The lowest BCUT2D eigenvalue weighted by Gasteiger charge is -2.60. The van der Waals surface area contributed by atoms with Crippen molar-refractivity contribution in [1.29, 1.82) is 0 Å². The Morgan fingerprint density at radius 3 is 2.50 bits per heavy atom. The minimum Gasteiger partial charge on any atom is -0.379 e. The predicted molar refractivity (Wildman–Crippen MR) is 76.7 cm³/mol. The van der Waals surface area contributed by atoms with Crippen LogP contribution >= 0.6 is 15.9 Å². The second-order valence-electron chi connectivity index (χ2n) is 5.87. The number of hydrogen-bond donors (Lipinski definition) is 1. The summed E-state index contributed by atoms with van der Waals surface area (Å²) < 4.78 is 6.75. The van der Waals surface area contributed by atoms with E-state index in [1.165, 1.54) is 30.4 Å². The molecular weight excluding hydrogens is 290 g/mol. The highest BCUT2D eigenvalue weighted by atomic mass is 79.9. The predicted octanol–water partition coefficient (Wildman–Crippen LogP) is 3.15. The van der Waals surface area contributed by atoms with Gasteiger partial charge >= 0.3 is 0 Å². The highest BCUT2D eigenvalue weighted by Gasteiger charge is 2.59. The summed E-state index contributed by atoms with van der Waals surface area (Å²) in [5, 5.41) is 0. The molecule has 1 aromatic rings. The fourth-order valence-corrected chi connectivity index (χ4v) is 4.01. The molecule has 2 nitrogen and oxygen atoms in total. The van der Waals surface area contributed by atoms with Crippen molar-refractivity contribution in [3.8, 4) is 0 Å². The molecule has 1 heterocycles. The number of aryl methyl sites for hydroxylation is 1. The van der Waals surface area contributed by atoms with Crippen molar-refractivity contribution in [2.75, 3.05) is 19.8 Å². The number of halogens is 1. The first-order valence-electron chi connectivity index (χ1n) is 6.68. The second kappa shape index (κ2) is 4.32. The van der Waals surface area contributed by atoms with E-state index in [1.54, 1.807) is 0 Å². The molecule has 0 amide bonds. The van der Waals surface area contributed by atoms with Gasteiger partial charge in [0.05, 0.1) is 13.2 Å². The van der Waals surface area contributed by atoms with E-state index in [0.717, 1.165) is 24.2 Å². The summed E-state index contributed by atoms with van der Waals surface area (Å²) in [5.74, 6) is 0. The minimum absolute atomic E-state index is 0.161. The molecule has 1 aliphatic heterocycles. The van der Waals surface area contributed by atoms with Crippen LogP contribution in [0.2, 0.25) is 0 Å². The van der Waals surface area contributed by atoms with E-state index in [0.29, 0.717) is 0 Å². The SMILES string of the molecule is Cc1ccc(Br)cc1C1(C2(CN)CCC2)COC1. The van der Waals surface area contributed by atoms with Crippen molar-refractivity contribution in [3.63, 3.8) is 0 Å². The third-order valence-corrected chi connectivity index (χ3v) is 5.62. The molecule has 1 aliphatic carbocycles. The summed E-state index contributed by atoms with van der Waals surface area (Å²) in [6.07, 6.45) is 3.81. The Balaban J connectivity index is 2.08. The van der Waals surface area contributed by atoms with Crippen molar-refractivity contribution in [3.05, 3.63) is 33.8 Å². The molecule has 0 spiro atoms. The van der Waals surface area contributed by atoms with Gasteiger partial charge < -0.3 is 10.5 Å². The molecule has 2 N–H and O–H groups in total. The van der Waals surface area contributed by atoms with E-state index < -0.39 is 0 Å². The van der Waals surface area contributed by atoms with Gasteiger partial charge in [-0.05, 0) is 55.0 Å². The van der Waals surface area contributed by atoms with Crippen LogP contribution in [0.1, 0.15) is 30.4 Å². The molecule has 0 unspecified atom stereocenters. The maximum absolute atomic E-state index is 6.12. The Morgan fingerprint density at radius 2 is 2.06 bits per heavy atom. The van der Waals surface area contributed by atoms with E-state index in [1.807, 2.05) is 0 Å². The molecule has 1 aromatic carbocycles. The largest absolute Gasteiger partial charge is 0.379 e. The third-order valence-electron chi connectivity index (χ3n) is 5.13. The molecule has 2 fully saturated rings. The fraction of sp³-hybridized carbons (Fsp3) is 0.600. The summed E-state index contributed by atoms with van der Waals surface area (Å²) in [6, 6.07) is 6.58. The highest BCUT2D eigenvalue weighted by molar-refractivity contribution is 9.10. The smallest absolute Gasteiger partial charge is 0.0591 e. The van der Waals surface area contributed by atoms with Crippen LogP contribution < -0.4 is 5.73 Å². The number of ether oxygens (including phenoxy) is 1. The third kappa shape index (κ3) is 1.54. The zero-order valence-electron chi connectivity index (χ0n) is 10.8. The van der Waals surface area contributed by atoms with Gasteiger partial charge in [0.2, 0.25) is 0 Å². The molecule has 98 valence electrons. The molecule has 18 heavy (non-hydrogen) atoms. The average molecular weight is 310 g/mol. The van der Waals surface area contributed by atoms with Crippen molar-refractivity contribution < 1.29 is 4.74 Å². The summed E-state index contributed by atoms with van der Waals surface area (Å²) in [7, 11) is 0. The first-order chi connectivity index (χ1) is 8.63. The van der Waals surface area contributed by atoms with Gasteiger partial charge in [0, 0.05) is 9.89 Å². The van der Waals surface area contributed by atoms with Crippen LogP contribution in [-0.4, -0.2) is 19.8 Å². The summed E-state index contributed by atoms with van der Waals surface area (Å²) in [5.41, 5.74) is 9.36. The van der Waals surface area contributed by atoms with Crippen molar-refractivity contribution in [2.24, 2.45) is 11.1 Å². The molecule has 0 bridgehead atoms. The average Bonchev–Trinajstić information content (AvgIpc) is 2.25. The molecule has 0 radical (unpaired) electrons. The monoisotopic (exact) mass is 309 g/mol. The number of hydrogen-bond acceptors (Lipinski definition) is 2. The standard InChI is InChI=1S/C15H20BrNO/c1-11-3-4-12(16)7-13(11)15(9-18-10-15)14(8-17)5-2-6-14/h3-4,7H,2,5-6,8-10,17H2,1H3. The van der Waals surface area contributed by atoms with Crippen LogP contribution in [0.4, 0.5) is 0 Å². The first-order valence-corrected chi connectivity index (χ1v) is 7.47. The van der Waals surface area contributed by atoms with Crippen LogP contribution in [-0.2, 0) is 10.2 Å². The van der Waals surface area contributed by atoms with Crippen molar-refractivity contribution in [2.45, 2.75) is 31.6 Å². The van der Waals surface area contributed by atoms with Crippen LogP contribution in [0.15, 0.2) is 22.7 Å². The van der Waals surface area contributed by atoms with Gasteiger partial charge in [0.1, 0.15) is 0 Å². The van der Waals surface area contributed by atoms with Crippen molar-refractivity contribution in [1.82, 2.24) is 0 Å². The maximum Gasteiger partial charge on any atom is 0.0591 e. The molecule has 1 saturated carbocycles. The molecule has 1 saturated heterocycles. The zero-order chi connectivity index (χ0) is 12.8. The van der Waals surface area contributed by atoms with E-state index >= 15 is 0 Å². The summed E-state index contributed by atoms with van der Waals surface area (Å²) in [6.45, 7) is 4.65. The second-order valence-corrected chi connectivity index (χ2v) is 6.79. The van der Waals surface area contributed by atoms with Crippen LogP contribution in [0.5, 0.6) is 0 Å². The molecule has 3 rings (SSSR count). The van der Waals surface area contributed by atoms with Gasteiger partial charge in [0.25, 0.3) is 0 Å². The normalized spacial score (nSPS) is 24.2. The van der Waals surface area contributed by atoms with Gasteiger partial charge in [-0.15, -0.1) is 0 Å². The number of rotatable bonds is 3. The lowest BCUT2D eigenvalue weighted by Crippen LogP contribution is -2.64. The Morgan fingerprint density at radius 1 is 1.33 bits per heavy atom. The molecule has 0 atom stereocenters. The first kappa shape index (κ1) is 12.6. The Labute approximate surface area is 117 Å². The minimum atomic E-state index is 0.161. The van der Waals surface area contributed by atoms with E-state index in [4.69, 9.17) is 10.5 Å². The van der Waals surface area contributed by atoms with Gasteiger partial charge in [0.15, 0.2) is 0 Å². The number of benzene rings is 1. The zero-order valence-corrected chi connectivity index (χ0v) is 12.4. The molecule has 3 heteroatoms. The van der Waals surface area contributed by atoms with E-state index in [2.05, 4.69) is 41.1 Å². The van der Waals surface area contributed by atoms with E-state index in [9.17, 15) is 0 Å². The van der Waals surface area contributed by atoms with Gasteiger partial charge in [-0.2, -0.15) is 0 Å². The molecular formula is C15H20BrNO. The quantitative estimate of drug-likeness (QED) is 0.931. The number of nitrogens with two attached hydrogens (primary N) is 1. The van der Waals surface area contributed by atoms with Gasteiger partial charge in [-0.3, -0.25) is 0 Å². The molecule has 2 aliphatic rings. The highest BCUT2D eigenvalue weighted by Crippen LogP contribution is 2.58. The van der Waals surface area contributed by atoms with Gasteiger partial charge in [-0.25, -0.2) is 0 Å². The van der Waals surface area contributed by atoms with Gasteiger partial charge in [-0.1, -0.05) is 28.4 Å². The Kier molecular flexibility index (Phi) is 3.04. The van der Waals surface area contributed by atoms with Crippen LogP contribution in [0.25, 0.3) is 0 Å². The van der Waals surface area contributed by atoms with Crippen LogP contribution in [0.3, 0.4) is 0 Å². The summed E-state index contributed by atoms with van der Waals surface area (Å²) in [4.78, 5) is 0. The maximum atomic E-state index is 6.12.